The van der Waals surface area contributed by atoms with Gasteiger partial charge in [0.15, 0.2) is 0 Å². The molecular formula is C29H28FN3O5S2. The first-order chi connectivity index (χ1) is 19.1. The summed E-state index contributed by atoms with van der Waals surface area (Å²) in [5.74, 6) is -1.67. The molecule has 0 unspecified atom stereocenters. The van der Waals surface area contributed by atoms with Crippen molar-refractivity contribution in [3.8, 4) is 0 Å². The Labute approximate surface area is 232 Å². The molecule has 40 heavy (non-hydrogen) atoms. The number of rotatable bonds is 8. The first-order valence-corrected chi connectivity index (χ1v) is 15.8. The van der Waals surface area contributed by atoms with Crippen LogP contribution in [0.5, 0.6) is 0 Å². The Bertz CT molecular complexity index is 1750. The predicted molar refractivity (Wildman–Crippen MR) is 153 cm³/mol. The van der Waals surface area contributed by atoms with E-state index in [4.69, 9.17) is 0 Å². The van der Waals surface area contributed by atoms with Crippen LogP contribution in [0.3, 0.4) is 0 Å². The van der Waals surface area contributed by atoms with Gasteiger partial charge in [0.2, 0.25) is 15.9 Å². The smallest absolute Gasteiger partial charge is 0.261 e. The molecule has 1 amide bonds. The molecule has 5 rings (SSSR count). The number of piperidine rings is 1. The number of nitrogens with zero attached hydrogens (tertiary/aromatic N) is 1. The van der Waals surface area contributed by atoms with Crippen molar-refractivity contribution in [1.82, 2.24) is 4.31 Å². The van der Waals surface area contributed by atoms with Crippen LogP contribution in [-0.4, -0.2) is 40.1 Å². The molecule has 1 aliphatic rings. The highest BCUT2D eigenvalue weighted by molar-refractivity contribution is 7.92. The molecule has 0 spiro atoms. The van der Waals surface area contributed by atoms with Gasteiger partial charge in [0.1, 0.15) is 5.82 Å². The van der Waals surface area contributed by atoms with Crippen molar-refractivity contribution in [2.45, 2.75) is 23.5 Å². The zero-order valence-corrected chi connectivity index (χ0v) is 23.1. The van der Waals surface area contributed by atoms with E-state index in [9.17, 15) is 26.0 Å². The number of hydrogen-bond acceptors (Lipinski definition) is 5. The van der Waals surface area contributed by atoms with Gasteiger partial charge in [-0.3, -0.25) is 9.52 Å². The van der Waals surface area contributed by atoms with Crippen molar-refractivity contribution >= 4 is 48.1 Å². The van der Waals surface area contributed by atoms with Crippen LogP contribution < -0.4 is 10.0 Å². The van der Waals surface area contributed by atoms with Crippen LogP contribution in [0.15, 0.2) is 95.9 Å². The standard InChI is InChI=1S/C29H28FN3O5S2/c30-27-10-4-2-7-23(27)20-39(35,36)33-18-16-22(17-19-33)29(34)31-24-12-14-25(15-13-24)40(37,38)32-28-11-5-8-21-6-1-3-9-26(21)28/h1-15,22,32H,16-20H2,(H,31,34). The van der Waals surface area contributed by atoms with Gasteiger partial charge in [0.05, 0.1) is 16.3 Å². The molecule has 8 nitrogen and oxygen atoms in total. The second kappa shape index (κ2) is 11.4. The molecule has 2 N–H and O–H groups in total. The summed E-state index contributed by atoms with van der Waals surface area (Å²) < 4.78 is 69.4. The van der Waals surface area contributed by atoms with Gasteiger partial charge in [-0.15, -0.1) is 0 Å². The molecule has 1 saturated heterocycles. The molecule has 0 aliphatic carbocycles. The van der Waals surface area contributed by atoms with E-state index in [1.807, 2.05) is 30.3 Å². The number of carbonyl (C=O) groups is 1. The Kier molecular flexibility index (Phi) is 7.88. The second-order valence-corrected chi connectivity index (χ2v) is 13.3. The summed E-state index contributed by atoms with van der Waals surface area (Å²) in [6.07, 6.45) is 0.646. The fraction of sp³-hybridized carbons (Fsp3) is 0.207. The molecule has 1 heterocycles. The summed E-state index contributed by atoms with van der Waals surface area (Å²) in [5, 5.41) is 4.49. The van der Waals surface area contributed by atoms with Crippen LogP contribution in [0.25, 0.3) is 10.8 Å². The molecule has 0 saturated carbocycles. The van der Waals surface area contributed by atoms with Crippen molar-refractivity contribution in [2.24, 2.45) is 5.92 Å². The van der Waals surface area contributed by atoms with Crippen LogP contribution in [0.2, 0.25) is 0 Å². The fourth-order valence-electron chi connectivity index (χ4n) is 4.78. The third-order valence-corrected chi connectivity index (χ3v) is 10.2. The van der Waals surface area contributed by atoms with Crippen LogP contribution >= 0.6 is 0 Å². The summed E-state index contributed by atoms with van der Waals surface area (Å²) in [6.45, 7) is 0.317. The van der Waals surface area contributed by atoms with Gasteiger partial charge in [-0.1, -0.05) is 54.6 Å². The van der Waals surface area contributed by atoms with Crippen LogP contribution in [-0.2, 0) is 30.6 Å². The molecular weight excluding hydrogens is 553 g/mol. The Morgan fingerprint density at radius 1 is 0.825 bits per heavy atom. The Morgan fingerprint density at radius 2 is 1.48 bits per heavy atom. The number of carbonyl (C=O) groups excluding carboxylic acids is 1. The number of nitrogens with one attached hydrogen (secondary N) is 2. The number of sulfonamides is 2. The van der Waals surface area contributed by atoms with Gasteiger partial charge in [-0.2, -0.15) is 0 Å². The lowest BCUT2D eigenvalue weighted by molar-refractivity contribution is -0.120. The lowest BCUT2D eigenvalue weighted by Gasteiger charge is -2.30. The summed E-state index contributed by atoms with van der Waals surface area (Å²) in [4.78, 5) is 12.9. The number of halogens is 1. The fourth-order valence-corrected chi connectivity index (χ4v) is 7.44. The maximum absolute atomic E-state index is 13.9. The minimum atomic E-state index is -3.86. The Balaban J connectivity index is 1.18. The van der Waals surface area contributed by atoms with Crippen molar-refractivity contribution in [1.29, 1.82) is 0 Å². The molecule has 0 aromatic heterocycles. The Morgan fingerprint density at radius 3 is 2.20 bits per heavy atom. The minimum absolute atomic E-state index is 0.0480. The van der Waals surface area contributed by atoms with E-state index in [2.05, 4.69) is 10.0 Å². The lowest BCUT2D eigenvalue weighted by Crippen LogP contribution is -2.42. The number of amides is 1. The first-order valence-electron chi connectivity index (χ1n) is 12.8. The van der Waals surface area contributed by atoms with E-state index in [-0.39, 0.29) is 29.5 Å². The van der Waals surface area contributed by atoms with Gasteiger partial charge in [-0.25, -0.2) is 25.5 Å². The average molecular weight is 582 g/mol. The van der Waals surface area contributed by atoms with Gasteiger partial charge in [0, 0.05) is 35.6 Å². The van der Waals surface area contributed by atoms with E-state index in [1.165, 1.54) is 46.8 Å². The molecule has 11 heteroatoms. The largest absolute Gasteiger partial charge is 0.326 e. The van der Waals surface area contributed by atoms with Crippen LogP contribution in [0.4, 0.5) is 15.8 Å². The van der Waals surface area contributed by atoms with Crippen molar-refractivity contribution in [2.75, 3.05) is 23.1 Å². The quantitative estimate of drug-likeness (QED) is 0.306. The normalized spacial score (nSPS) is 15.1. The number of anilines is 2. The lowest BCUT2D eigenvalue weighted by atomic mass is 9.97. The highest BCUT2D eigenvalue weighted by atomic mass is 32.2. The van der Waals surface area contributed by atoms with E-state index in [0.717, 1.165) is 10.8 Å². The molecule has 4 aromatic rings. The highest BCUT2D eigenvalue weighted by Crippen LogP contribution is 2.27. The Hall–Kier alpha value is -3.80. The van der Waals surface area contributed by atoms with Crippen molar-refractivity contribution in [3.05, 3.63) is 102 Å². The molecule has 0 radical (unpaired) electrons. The molecule has 0 bridgehead atoms. The molecule has 208 valence electrons. The van der Waals surface area contributed by atoms with Gasteiger partial charge in [-0.05, 0) is 54.6 Å². The zero-order valence-electron chi connectivity index (χ0n) is 21.5. The summed E-state index contributed by atoms with van der Waals surface area (Å²) in [5.41, 5.74) is 1.02. The summed E-state index contributed by atoms with van der Waals surface area (Å²) in [7, 11) is -7.59. The van der Waals surface area contributed by atoms with E-state index in [1.54, 1.807) is 18.2 Å². The molecule has 1 fully saturated rings. The second-order valence-electron chi connectivity index (χ2n) is 9.67. The average Bonchev–Trinajstić information content (AvgIpc) is 2.95. The van der Waals surface area contributed by atoms with E-state index >= 15 is 0 Å². The molecule has 1 aliphatic heterocycles. The maximum atomic E-state index is 13.9. The van der Waals surface area contributed by atoms with E-state index in [0.29, 0.717) is 24.2 Å². The van der Waals surface area contributed by atoms with Gasteiger partial charge < -0.3 is 5.32 Å². The molecule has 4 aromatic carbocycles. The van der Waals surface area contributed by atoms with Gasteiger partial charge >= 0.3 is 0 Å². The SMILES string of the molecule is O=C(Nc1ccc(S(=O)(=O)Nc2cccc3ccccc23)cc1)C1CCN(S(=O)(=O)Cc2ccccc2F)CC1. The third-order valence-electron chi connectivity index (χ3n) is 6.98. The monoisotopic (exact) mass is 581 g/mol. The zero-order chi connectivity index (χ0) is 28.3. The van der Waals surface area contributed by atoms with Crippen LogP contribution in [0.1, 0.15) is 18.4 Å². The predicted octanol–water partition coefficient (Wildman–Crippen LogP) is 4.96. The number of hydrogen-bond donors (Lipinski definition) is 2. The number of benzene rings is 4. The highest BCUT2D eigenvalue weighted by Gasteiger charge is 2.31. The maximum Gasteiger partial charge on any atom is 0.261 e. The van der Waals surface area contributed by atoms with Gasteiger partial charge in [0.25, 0.3) is 10.0 Å². The van der Waals surface area contributed by atoms with Crippen molar-refractivity contribution in [3.63, 3.8) is 0 Å². The first kappa shape index (κ1) is 27.8. The summed E-state index contributed by atoms with van der Waals surface area (Å²) >= 11 is 0. The number of fused-ring (bicyclic) bond motifs is 1. The van der Waals surface area contributed by atoms with Crippen LogP contribution in [0, 0.1) is 11.7 Å². The topological polar surface area (TPSA) is 113 Å². The molecule has 0 atom stereocenters. The summed E-state index contributed by atoms with van der Waals surface area (Å²) in [6, 6.07) is 24.5. The van der Waals surface area contributed by atoms with Crippen molar-refractivity contribution < 1.29 is 26.0 Å². The minimum Gasteiger partial charge on any atom is -0.326 e. The third kappa shape index (κ3) is 6.16. The van der Waals surface area contributed by atoms with E-state index < -0.39 is 37.5 Å².